The molecule has 1 atom stereocenters. The lowest BCUT2D eigenvalue weighted by molar-refractivity contribution is -0.145. The summed E-state index contributed by atoms with van der Waals surface area (Å²) in [6.45, 7) is 6.00. The number of carbonyl (C=O) groups is 4. The van der Waals surface area contributed by atoms with E-state index in [-0.39, 0.29) is 24.3 Å². The summed E-state index contributed by atoms with van der Waals surface area (Å²) in [6.07, 6.45) is -2.30. The van der Waals surface area contributed by atoms with Gasteiger partial charge in [-0.2, -0.15) is 0 Å². The number of carboxylic acid groups (broad SMARTS) is 2. The molecule has 0 spiro atoms. The lowest BCUT2D eigenvalue weighted by Gasteiger charge is -2.20. The summed E-state index contributed by atoms with van der Waals surface area (Å²) < 4.78 is 10.9. The Kier molecular flexibility index (Phi) is 9.00. The normalized spacial score (nSPS) is 11.7. The van der Waals surface area contributed by atoms with E-state index in [9.17, 15) is 24.3 Å². The first-order valence-electron chi connectivity index (χ1n) is 10.4. The predicted molar refractivity (Wildman–Crippen MR) is 121 cm³/mol. The Balaban J connectivity index is 1.88. The third-order valence-electron chi connectivity index (χ3n) is 4.57. The highest BCUT2D eigenvalue weighted by Gasteiger charge is 2.29. The average molecular weight is 472 g/mol. The molecule has 0 aromatic heterocycles. The van der Waals surface area contributed by atoms with E-state index >= 15 is 0 Å². The van der Waals surface area contributed by atoms with Crippen LogP contribution in [0.2, 0.25) is 0 Å². The summed E-state index contributed by atoms with van der Waals surface area (Å²) in [5.41, 5.74) is 1.78. The van der Waals surface area contributed by atoms with Gasteiger partial charge in [0.1, 0.15) is 24.0 Å². The van der Waals surface area contributed by atoms with E-state index in [0.29, 0.717) is 17.9 Å². The SMILES string of the molecule is CC(C)(C)OC(=O)NCc1ccc(COc2ccc(CC(C(=O)O)N(C=O)C(=O)O)cc2)cc1. The fourth-order valence-corrected chi connectivity index (χ4v) is 2.91. The van der Waals surface area contributed by atoms with Crippen molar-refractivity contribution >= 4 is 24.6 Å². The Morgan fingerprint density at radius 3 is 2.03 bits per heavy atom. The van der Waals surface area contributed by atoms with Crippen LogP contribution in [0.4, 0.5) is 9.59 Å². The number of carbonyl (C=O) groups excluding carboxylic acids is 2. The van der Waals surface area contributed by atoms with Crippen molar-refractivity contribution in [3.05, 3.63) is 65.2 Å². The highest BCUT2D eigenvalue weighted by molar-refractivity contribution is 5.87. The first-order valence-corrected chi connectivity index (χ1v) is 10.4. The molecule has 0 bridgehead atoms. The van der Waals surface area contributed by atoms with Crippen molar-refractivity contribution in [1.82, 2.24) is 10.2 Å². The molecule has 0 heterocycles. The maximum atomic E-state index is 11.7. The maximum absolute atomic E-state index is 11.7. The molecule has 0 saturated heterocycles. The summed E-state index contributed by atoms with van der Waals surface area (Å²) in [7, 11) is 0. The molecule has 34 heavy (non-hydrogen) atoms. The van der Waals surface area contributed by atoms with Crippen molar-refractivity contribution in [1.29, 1.82) is 0 Å². The molecular weight excluding hydrogens is 444 g/mol. The van der Waals surface area contributed by atoms with Crippen LogP contribution >= 0.6 is 0 Å². The Labute approximate surface area is 197 Å². The molecular formula is C24H28N2O8. The highest BCUT2D eigenvalue weighted by Crippen LogP contribution is 2.17. The Morgan fingerprint density at radius 1 is 0.971 bits per heavy atom. The van der Waals surface area contributed by atoms with Gasteiger partial charge in [0.25, 0.3) is 0 Å². The highest BCUT2D eigenvalue weighted by atomic mass is 16.6. The van der Waals surface area contributed by atoms with Crippen LogP contribution in [0, 0.1) is 0 Å². The van der Waals surface area contributed by atoms with E-state index in [2.05, 4.69) is 5.32 Å². The number of carboxylic acids is 1. The molecule has 0 aliphatic heterocycles. The standard InChI is InChI=1S/C24H28N2O8/c1-24(2,3)34-22(30)25-13-17-4-6-18(7-5-17)14-33-19-10-8-16(9-11-19)12-20(21(28)29)26(15-27)23(31)32/h4-11,15,20H,12-14H2,1-3H3,(H,25,30)(H,28,29)(H,31,32). The van der Waals surface area contributed by atoms with Crippen molar-refractivity contribution in [3.63, 3.8) is 0 Å². The summed E-state index contributed by atoms with van der Waals surface area (Å²) in [4.78, 5) is 45.3. The van der Waals surface area contributed by atoms with Crippen LogP contribution in [0.5, 0.6) is 5.75 Å². The zero-order valence-corrected chi connectivity index (χ0v) is 19.2. The van der Waals surface area contributed by atoms with Crippen LogP contribution in [0.25, 0.3) is 0 Å². The predicted octanol–water partition coefficient (Wildman–Crippen LogP) is 3.42. The van der Waals surface area contributed by atoms with Gasteiger partial charge in [-0.1, -0.05) is 36.4 Å². The van der Waals surface area contributed by atoms with Crippen molar-refractivity contribution in [3.8, 4) is 5.75 Å². The van der Waals surface area contributed by atoms with Crippen LogP contribution in [0.1, 0.15) is 37.5 Å². The Bertz CT molecular complexity index is 997. The minimum atomic E-state index is -1.63. The number of hydrogen-bond acceptors (Lipinski definition) is 6. The molecule has 3 amide bonds. The molecule has 0 aliphatic carbocycles. The molecule has 3 N–H and O–H groups in total. The van der Waals surface area contributed by atoms with Crippen LogP contribution in [-0.4, -0.2) is 51.3 Å². The molecule has 1 unspecified atom stereocenters. The molecule has 2 aromatic carbocycles. The van der Waals surface area contributed by atoms with Gasteiger partial charge < -0.3 is 25.0 Å². The van der Waals surface area contributed by atoms with E-state index < -0.39 is 29.8 Å². The fourth-order valence-electron chi connectivity index (χ4n) is 2.91. The molecule has 0 fully saturated rings. The van der Waals surface area contributed by atoms with Gasteiger partial charge in [-0.05, 0) is 49.6 Å². The van der Waals surface area contributed by atoms with E-state index in [4.69, 9.17) is 14.6 Å². The third-order valence-corrected chi connectivity index (χ3v) is 4.57. The molecule has 2 aromatic rings. The molecule has 10 heteroatoms. The molecule has 0 aliphatic rings. The van der Waals surface area contributed by atoms with Gasteiger partial charge in [-0.25, -0.2) is 19.3 Å². The van der Waals surface area contributed by atoms with Gasteiger partial charge >= 0.3 is 18.2 Å². The van der Waals surface area contributed by atoms with E-state index in [1.807, 2.05) is 24.3 Å². The van der Waals surface area contributed by atoms with E-state index in [1.165, 1.54) is 0 Å². The Hall–Kier alpha value is -4.08. The number of rotatable bonds is 10. The van der Waals surface area contributed by atoms with Crippen molar-refractivity contribution in [2.75, 3.05) is 0 Å². The molecule has 0 saturated carbocycles. The number of nitrogens with one attached hydrogen (secondary N) is 1. The lowest BCUT2D eigenvalue weighted by atomic mass is 10.1. The van der Waals surface area contributed by atoms with Crippen molar-refractivity contribution in [2.24, 2.45) is 0 Å². The number of alkyl carbamates (subject to hydrolysis) is 1. The second kappa shape index (κ2) is 11.7. The van der Waals surface area contributed by atoms with Gasteiger partial charge in [0.15, 0.2) is 0 Å². The lowest BCUT2D eigenvalue weighted by Crippen LogP contribution is -2.44. The topological polar surface area (TPSA) is 142 Å². The first-order chi connectivity index (χ1) is 16.0. The quantitative estimate of drug-likeness (QED) is 0.447. The minimum absolute atomic E-state index is 0.0164. The molecule has 10 nitrogen and oxygen atoms in total. The van der Waals surface area contributed by atoms with Crippen LogP contribution in [0.15, 0.2) is 48.5 Å². The summed E-state index contributed by atoms with van der Waals surface area (Å²) in [5.74, 6) is -0.878. The van der Waals surface area contributed by atoms with Gasteiger partial charge in [0.2, 0.25) is 6.41 Å². The van der Waals surface area contributed by atoms with E-state index in [1.54, 1.807) is 45.0 Å². The molecule has 0 radical (unpaired) electrons. The van der Waals surface area contributed by atoms with Gasteiger partial charge in [-0.15, -0.1) is 0 Å². The van der Waals surface area contributed by atoms with Gasteiger partial charge in [-0.3, -0.25) is 4.79 Å². The second-order valence-corrected chi connectivity index (χ2v) is 8.46. The molecule has 2 rings (SSSR count). The minimum Gasteiger partial charge on any atom is -0.489 e. The van der Waals surface area contributed by atoms with Crippen molar-refractivity contribution < 1.29 is 38.9 Å². The average Bonchev–Trinajstić information content (AvgIpc) is 2.76. The van der Waals surface area contributed by atoms with E-state index in [0.717, 1.165) is 11.1 Å². The number of ether oxygens (including phenoxy) is 2. The number of benzene rings is 2. The van der Waals surface area contributed by atoms with Gasteiger partial charge in [0.05, 0.1) is 0 Å². The number of nitrogens with zero attached hydrogens (tertiary/aromatic N) is 1. The summed E-state index contributed by atoms with van der Waals surface area (Å²) in [6, 6.07) is 12.5. The number of hydrogen-bond donors (Lipinski definition) is 3. The maximum Gasteiger partial charge on any atom is 0.414 e. The third kappa shape index (κ3) is 8.45. The zero-order valence-electron chi connectivity index (χ0n) is 19.2. The molecule has 182 valence electrons. The van der Waals surface area contributed by atoms with Crippen LogP contribution < -0.4 is 10.1 Å². The zero-order chi connectivity index (χ0) is 25.3. The second-order valence-electron chi connectivity index (χ2n) is 8.46. The fraction of sp³-hybridized carbons (Fsp3) is 0.333. The van der Waals surface area contributed by atoms with Crippen LogP contribution in [-0.2, 0) is 33.9 Å². The number of imide groups is 1. The Morgan fingerprint density at radius 2 is 1.53 bits per heavy atom. The van der Waals surface area contributed by atoms with Gasteiger partial charge in [0, 0.05) is 13.0 Å². The van der Waals surface area contributed by atoms with Crippen LogP contribution in [0.3, 0.4) is 0 Å². The smallest absolute Gasteiger partial charge is 0.414 e. The van der Waals surface area contributed by atoms with Crippen molar-refractivity contribution in [2.45, 2.75) is 52.0 Å². The summed E-state index contributed by atoms with van der Waals surface area (Å²) in [5, 5.41) is 20.9. The first kappa shape index (κ1) is 26.2. The monoisotopic (exact) mass is 472 g/mol. The summed E-state index contributed by atoms with van der Waals surface area (Å²) >= 11 is 0. The number of amides is 3. The largest absolute Gasteiger partial charge is 0.489 e. The number of aliphatic carboxylic acids is 1.